The summed E-state index contributed by atoms with van der Waals surface area (Å²) in [7, 11) is 0. The van der Waals surface area contributed by atoms with Crippen LogP contribution in [0.4, 0.5) is 0 Å². The number of aryl methyl sites for hydroxylation is 1. The largest absolute Gasteiger partial charge is 0.198 e. The second kappa shape index (κ2) is 6.21. The van der Waals surface area contributed by atoms with E-state index in [2.05, 4.69) is 16.3 Å². The molecule has 0 fully saturated rings. The van der Waals surface area contributed by atoms with Crippen molar-refractivity contribution in [2.45, 2.75) is 44.4 Å². The van der Waals surface area contributed by atoms with Gasteiger partial charge in [-0.25, -0.2) is 0 Å². The van der Waals surface area contributed by atoms with Crippen molar-refractivity contribution >= 4 is 23.1 Å². The first kappa shape index (κ1) is 13.5. The molecule has 5 heteroatoms. The highest BCUT2D eigenvalue weighted by Crippen LogP contribution is 2.25. The van der Waals surface area contributed by atoms with Gasteiger partial charge >= 0.3 is 0 Å². The van der Waals surface area contributed by atoms with Gasteiger partial charge in [0.15, 0.2) is 4.34 Å². The molecular formula is C11H17N3S2. The van der Waals surface area contributed by atoms with E-state index < -0.39 is 0 Å². The molecule has 1 aromatic rings. The van der Waals surface area contributed by atoms with Crippen molar-refractivity contribution in [2.75, 3.05) is 5.75 Å². The minimum atomic E-state index is -0.177. The zero-order valence-corrected chi connectivity index (χ0v) is 11.6. The van der Waals surface area contributed by atoms with Crippen LogP contribution in [0.1, 0.15) is 38.1 Å². The summed E-state index contributed by atoms with van der Waals surface area (Å²) >= 11 is 3.41. The standard InChI is InChI=1S/C11H17N3S2/c1-9-13-14-10(16-9)15-7-5-4-6-11(2,3)8-12/h4-7H2,1-3H3. The molecule has 0 aliphatic carbocycles. The molecule has 16 heavy (non-hydrogen) atoms. The predicted molar refractivity (Wildman–Crippen MR) is 68.6 cm³/mol. The van der Waals surface area contributed by atoms with E-state index in [4.69, 9.17) is 5.26 Å². The van der Waals surface area contributed by atoms with Crippen LogP contribution in [0.15, 0.2) is 4.34 Å². The van der Waals surface area contributed by atoms with Crippen LogP contribution >= 0.6 is 23.1 Å². The van der Waals surface area contributed by atoms with E-state index in [1.165, 1.54) is 0 Å². The number of hydrogen-bond donors (Lipinski definition) is 0. The Morgan fingerprint density at radius 1 is 1.38 bits per heavy atom. The van der Waals surface area contributed by atoms with Crippen LogP contribution in [0.2, 0.25) is 0 Å². The Bertz CT molecular complexity index is 366. The number of hydrogen-bond acceptors (Lipinski definition) is 5. The first-order valence-corrected chi connectivity index (χ1v) is 7.18. The third-order valence-corrected chi connectivity index (χ3v) is 4.29. The Kier molecular flexibility index (Phi) is 5.23. The van der Waals surface area contributed by atoms with Crippen molar-refractivity contribution in [1.29, 1.82) is 5.26 Å². The lowest BCUT2D eigenvalue weighted by molar-refractivity contribution is 0.433. The van der Waals surface area contributed by atoms with Crippen LogP contribution in [0.25, 0.3) is 0 Å². The summed E-state index contributed by atoms with van der Waals surface area (Å²) in [5.74, 6) is 1.07. The van der Waals surface area contributed by atoms with Crippen LogP contribution in [0, 0.1) is 23.7 Å². The van der Waals surface area contributed by atoms with Gasteiger partial charge in [0.05, 0.1) is 11.5 Å². The zero-order valence-electron chi connectivity index (χ0n) is 9.99. The Morgan fingerprint density at radius 2 is 2.12 bits per heavy atom. The molecule has 0 saturated carbocycles. The van der Waals surface area contributed by atoms with E-state index in [1.807, 2.05) is 20.8 Å². The lowest BCUT2D eigenvalue weighted by Gasteiger charge is -2.13. The summed E-state index contributed by atoms with van der Waals surface area (Å²) in [6.07, 6.45) is 3.21. The summed E-state index contributed by atoms with van der Waals surface area (Å²) in [4.78, 5) is 0. The molecule has 0 radical (unpaired) electrons. The molecule has 88 valence electrons. The summed E-state index contributed by atoms with van der Waals surface area (Å²) in [6, 6.07) is 2.33. The minimum absolute atomic E-state index is 0.177. The molecule has 1 heterocycles. The zero-order chi connectivity index (χ0) is 12.0. The Hall–Kier alpha value is -0.600. The maximum atomic E-state index is 8.86. The van der Waals surface area contributed by atoms with Gasteiger partial charge in [0.25, 0.3) is 0 Å². The Balaban J connectivity index is 2.11. The molecule has 3 nitrogen and oxygen atoms in total. The SMILES string of the molecule is Cc1nnc(SCCCCC(C)(C)C#N)s1. The molecule has 0 bridgehead atoms. The van der Waals surface area contributed by atoms with Gasteiger partial charge in [-0.2, -0.15) is 5.26 Å². The van der Waals surface area contributed by atoms with Gasteiger partial charge in [0.2, 0.25) is 0 Å². The maximum absolute atomic E-state index is 8.86. The van der Waals surface area contributed by atoms with Gasteiger partial charge in [-0.1, -0.05) is 29.5 Å². The maximum Gasteiger partial charge on any atom is 0.174 e. The highest BCUT2D eigenvalue weighted by molar-refractivity contribution is 8.01. The molecule has 0 saturated heterocycles. The molecule has 0 aliphatic rings. The fraction of sp³-hybridized carbons (Fsp3) is 0.727. The van der Waals surface area contributed by atoms with Gasteiger partial charge in [-0.05, 0) is 33.6 Å². The highest BCUT2D eigenvalue weighted by atomic mass is 32.2. The Morgan fingerprint density at radius 3 is 2.69 bits per heavy atom. The van der Waals surface area contributed by atoms with Crippen molar-refractivity contribution < 1.29 is 0 Å². The van der Waals surface area contributed by atoms with Crippen molar-refractivity contribution in [3.8, 4) is 6.07 Å². The number of unbranched alkanes of at least 4 members (excludes halogenated alkanes) is 1. The van der Waals surface area contributed by atoms with Crippen molar-refractivity contribution in [3.63, 3.8) is 0 Å². The fourth-order valence-corrected chi connectivity index (χ4v) is 3.11. The van der Waals surface area contributed by atoms with Gasteiger partial charge in [-0.15, -0.1) is 10.2 Å². The summed E-state index contributed by atoms with van der Waals surface area (Å²) in [5.41, 5.74) is -0.177. The molecule has 0 aromatic carbocycles. The molecule has 1 aromatic heterocycles. The normalized spacial score (nSPS) is 11.4. The van der Waals surface area contributed by atoms with Crippen molar-refractivity contribution in [1.82, 2.24) is 10.2 Å². The second-order valence-electron chi connectivity index (χ2n) is 4.39. The number of rotatable bonds is 6. The summed E-state index contributed by atoms with van der Waals surface area (Å²) in [6.45, 7) is 5.96. The monoisotopic (exact) mass is 255 g/mol. The van der Waals surface area contributed by atoms with Gasteiger partial charge < -0.3 is 0 Å². The minimum Gasteiger partial charge on any atom is -0.198 e. The number of nitriles is 1. The van der Waals surface area contributed by atoms with Crippen molar-refractivity contribution in [3.05, 3.63) is 5.01 Å². The van der Waals surface area contributed by atoms with Crippen LogP contribution in [-0.2, 0) is 0 Å². The van der Waals surface area contributed by atoms with E-state index >= 15 is 0 Å². The summed E-state index contributed by atoms with van der Waals surface area (Å²) < 4.78 is 1.05. The fourth-order valence-electron chi connectivity index (χ4n) is 1.22. The average molecular weight is 255 g/mol. The van der Waals surface area contributed by atoms with E-state index in [0.717, 1.165) is 34.4 Å². The van der Waals surface area contributed by atoms with Crippen LogP contribution in [0.5, 0.6) is 0 Å². The van der Waals surface area contributed by atoms with E-state index in [1.54, 1.807) is 23.1 Å². The molecule has 1 rings (SSSR count). The van der Waals surface area contributed by atoms with Crippen molar-refractivity contribution in [2.24, 2.45) is 5.41 Å². The topological polar surface area (TPSA) is 49.6 Å². The lowest BCUT2D eigenvalue weighted by atomic mass is 9.89. The average Bonchev–Trinajstić information content (AvgIpc) is 2.64. The molecule has 0 atom stereocenters. The highest BCUT2D eigenvalue weighted by Gasteiger charge is 2.15. The lowest BCUT2D eigenvalue weighted by Crippen LogP contribution is -2.07. The molecular weight excluding hydrogens is 238 g/mol. The third-order valence-electron chi connectivity index (χ3n) is 2.23. The Labute approximate surface area is 105 Å². The molecule has 0 amide bonds. The van der Waals surface area contributed by atoms with E-state index in [9.17, 15) is 0 Å². The molecule has 0 spiro atoms. The van der Waals surface area contributed by atoms with E-state index in [0.29, 0.717) is 0 Å². The van der Waals surface area contributed by atoms with Crippen LogP contribution < -0.4 is 0 Å². The number of thioether (sulfide) groups is 1. The van der Waals surface area contributed by atoms with E-state index in [-0.39, 0.29) is 5.41 Å². The summed E-state index contributed by atoms with van der Waals surface area (Å²) in [5, 5.41) is 17.9. The smallest absolute Gasteiger partial charge is 0.174 e. The number of aromatic nitrogens is 2. The van der Waals surface area contributed by atoms with Gasteiger partial charge in [0, 0.05) is 5.75 Å². The quantitative estimate of drug-likeness (QED) is 0.575. The molecule has 0 N–H and O–H groups in total. The van der Waals surface area contributed by atoms with Crippen LogP contribution in [-0.4, -0.2) is 16.0 Å². The molecule has 0 unspecified atom stereocenters. The first-order valence-electron chi connectivity index (χ1n) is 5.38. The third kappa shape index (κ3) is 4.95. The predicted octanol–water partition coefficient (Wildman–Crippen LogP) is 3.66. The second-order valence-corrected chi connectivity index (χ2v) is 6.91. The number of nitrogens with zero attached hydrogens (tertiary/aromatic N) is 3. The van der Waals surface area contributed by atoms with Gasteiger partial charge in [0.1, 0.15) is 5.01 Å². The molecule has 0 aliphatic heterocycles. The first-order chi connectivity index (χ1) is 7.53. The van der Waals surface area contributed by atoms with Crippen LogP contribution in [0.3, 0.4) is 0 Å². The van der Waals surface area contributed by atoms with Gasteiger partial charge in [-0.3, -0.25) is 0 Å².